The van der Waals surface area contributed by atoms with E-state index >= 15 is 0 Å². The maximum Gasteiger partial charge on any atom is 0.186 e. The Bertz CT molecular complexity index is 355. The van der Waals surface area contributed by atoms with Gasteiger partial charge in [0.05, 0.1) is 17.8 Å². The van der Waals surface area contributed by atoms with Crippen LogP contribution in [0.15, 0.2) is 6.33 Å². The van der Waals surface area contributed by atoms with Crippen molar-refractivity contribution in [1.29, 1.82) is 0 Å². The molecule has 0 unspecified atom stereocenters. The number of ether oxygens (including phenoxy) is 1. The van der Waals surface area contributed by atoms with Crippen molar-refractivity contribution in [3.05, 3.63) is 17.8 Å². The monoisotopic (exact) mass is 227 g/mol. The minimum absolute atomic E-state index is 0.230. The largest absolute Gasteiger partial charge is 0.382 e. The van der Waals surface area contributed by atoms with Crippen LogP contribution in [0.2, 0.25) is 0 Å². The van der Waals surface area contributed by atoms with Gasteiger partial charge in [0.25, 0.3) is 0 Å². The molecule has 0 atom stereocenters. The van der Waals surface area contributed by atoms with Crippen LogP contribution in [0.3, 0.4) is 0 Å². The van der Waals surface area contributed by atoms with Gasteiger partial charge in [0.1, 0.15) is 6.33 Å². The third kappa shape index (κ3) is 3.13. The molecule has 0 aliphatic rings. The molecule has 0 saturated carbocycles. The number of hydrogen-bond acceptors (Lipinski definition) is 4. The number of nitrogens with zero attached hydrogens (tertiary/aromatic N) is 2. The summed E-state index contributed by atoms with van der Waals surface area (Å²) >= 11 is 0. The smallest absolute Gasteiger partial charge is 0.186 e. The first kappa shape index (κ1) is 12.8. The van der Waals surface area contributed by atoms with Gasteiger partial charge in [-0.15, -0.1) is 0 Å². The van der Waals surface area contributed by atoms with Crippen LogP contribution in [0.5, 0.6) is 0 Å². The molecule has 0 amide bonds. The Morgan fingerprint density at radius 1 is 1.44 bits per heavy atom. The van der Waals surface area contributed by atoms with Crippen LogP contribution in [0.25, 0.3) is 0 Å². The van der Waals surface area contributed by atoms with Crippen molar-refractivity contribution in [2.24, 2.45) is 0 Å². The van der Waals surface area contributed by atoms with Crippen molar-refractivity contribution in [3.63, 3.8) is 0 Å². The van der Waals surface area contributed by atoms with E-state index in [-0.39, 0.29) is 17.2 Å². The van der Waals surface area contributed by atoms with Gasteiger partial charge in [-0.3, -0.25) is 0 Å². The normalized spacial score (nSPS) is 11.6. The molecule has 0 fully saturated rings. The number of methoxy groups -OCH3 is 1. The molecule has 1 aromatic heterocycles. The lowest BCUT2D eigenvalue weighted by Gasteiger charge is -2.26. The fourth-order valence-electron chi connectivity index (χ4n) is 1.46. The van der Waals surface area contributed by atoms with Gasteiger partial charge >= 0.3 is 0 Å². The minimum atomic E-state index is -0.380. The highest BCUT2D eigenvalue weighted by molar-refractivity contribution is 5.39. The van der Waals surface area contributed by atoms with Gasteiger partial charge in [0.2, 0.25) is 0 Å². The fraction of sp³-hybridized carbons (Fsp3) is 0.636. The second-order valence-electron chi connectivity index (χ2n) is 4.28. The molecular formula is C11H18FN3O. The SMILES string of the molecule is CCc1ncnc(NC(C)(C)COC)c1F. The van der Waals surface area contributed by atoms with Crippen molar-refractivity contribution in [3.8, 4) is 0 Å². The van der Waals surface area contributed by atoms with Crippen LogP contribution in [-0.2, 0) is 11.2 Å². The average molecular weight is 227 g/mol. The first-order chi connectivity index (χ1) is 7.50. The van der Waals surface area contributed by atoms with Gasteiger partial charge in [-0.05, 0) is 20.3 Å². The third-order valence-corrected chi connectivity index (χ3v) is 2.16. The summed E-state index contributed by atoms with van der Waals surface area (Å²) in [7, 11) is 1.61. The van der Waals surface area contributed by atoms with E-state index in [1.807, 2.05) is 20.8 Å². The number of aryl methyl sites for hydroxylation is 1. The molecule has 0 aromatic carbocycles. The Labute approximate surface area is 95.3 Å². The molecule has 4 nitrogen and oxygen atoms in total. The first-order valence-electron chi connectivity index (χ1n) is 5.26. The summed E-state index contributed by atoms with van der Waals surface area (Å²) in [5, 5.41) is 3.01. The summed E-state index contributed by atoms with van der Waals surface area (Å²) in [6.07, 6.45) is 1.92. The zero-order chi connectivity index (χ0) is 12.2. The second-order valence-corrected chi connectivity index (χ2v) is 4.28. The zero-order valence-electron chi connectivity index (χ0n) is 10.2. The van der Waals surface area contributed by atoms with Crippen LogP contribution in [0.1, 0.15) is 26.5 Å². The van der Waals surface area contributed by atoms with E-state index in [0.717, 1.165) is 0 Å². The molecule has 0 saturated heterocycles. The van der Waals surface area contributed by atoms with E-state index < -0.39 is 0 Å². The summed E-state index contributed by atoms with van der Waals surface area (Å²) in [6.45, 7) is 6.17. The van der Waals surface area contributed by atoms with Gasteiger partial charge in [0.15, 0.2) is 11.6 Å². The molecule has 16 heavy (non-hydrogen) atoms. The number of aromatic nitrogens is 2. The second kappa shape index (κ2) is 5.21. The summed E-state index contributed by atoms with van der Waals surface area (Å²) in [4.78, 5) is 7.78. The number of anilines is 1. The maximum absolute atomic E-state index is 13.8. The van der Waals surface area contributed by atoms with Crippen molar-refractivity contribution in [2.45, 2.75) is 32.7 Å². The van der Waals surface area contributed by atoms with Crippen molar-refractivity contribution >= 4 is 5.82 Å². The van der Waals surface area contributed by atoms with Crippen molar-refractivity contribution in [2.75, 3.05) is 19.0 Å². The number of nitrogens with one attached hydrogen (secondary N) is 1. The molecule has 1 N–H and O–H groups in total. The summed E-state index contributed by atoms with van der Waals surface area (Å²) < 4.78 is 18.9. The molecule has 1 heterocycles. The molecule has 0 radical (unpaired) electrons. The lowest BCUT2D eigenvalue weighted by Crippen LogP contribution is -2.36. The Balaban J connectivity index is 2.89. The highest BCUT2D eigenvalue weighted by Gasteiger charge is 2.20. The summed E-state index contributed by atoms with van der Waals surface area (Å²) in [5.74, 6) is -0.150. The predicted molar refractivity (Wildman–Crippen MR) is 60.9 cm³/mol. The summed E-state index contributed by atoms with van der Waals surface area (Å²) in [6, 6.07) is 0. The number of halogens is 1. The summed E-state index contributed by atoms with van der Waals surface area (Å²) in [5.41, 5.74) is 0.0558. The van der Waals surface area contributed by atoms with E-state index in [4.69, 9.17) is 4.74 Å². The molecular weight excluding hydrogens is 209 g/mol. The molecule has 0 spiro atoms. The van der Waals surface area contributed by atoms with Crippen LogP contribution in [0, 0.1) is 5.82 Å². The standard InChI is InChI=1S/C11H18FN3O/c1-5-8-9(12)10(14-7-13-8)15-11(2,3)6-16-4/h7H,5-6H2,1-4H3,(H,13,14,15). The quantitative estimate of drug-likeness (QED) is 0.836. The van der Waals surface area contributed by atoms with Crippen LogP contribution >= 0.6 is 0 Å². The van der Waals surface area contributed by atoms with E-state index in [1.165, 1.54) is 6.33 Å². The van der Waals surface area contributed by atoms with Crippen LogP contribution in [-0.4, -0.2) is 29.2 Å². The highest BCUT2D eigenvalue weighted by Crippen LogP contribution is 2.18. The van der Waals surface area contributed by atoms with E-state index in [9.17, 15) is 4.39 Å². The molecule has 1 aromatic rings. The van der Waals surface area contributed by atoms with Gasteiger partial charge in [-0.2, -0.15) is 0 Å². The zero-order valence-corrected chi connectivity index (χ0v) is 10.2. The molecule has 90 valence electrons. The Morgan fingerprint density at radius 3 is 2.69 bits per heavy atom. The average Bonchev–Trinajstić information content (AvgIpc) is 2.21. The lowest BCUT2D eigenvalue weighted by atomic mass is 10.1. The lowest BCUT2D eigenvalue weighted by molar-refractivity contribution is 0.157. The minimum Gasteiger partial charge on any atom is -0.382 e. The molecule has 0 bridgehead atoms. The van der Waals surface area contributed by atoms with E-state index in [1.54, 1.807) is 7.11 Å². The highest BCUT2D eigenvalue weighted by atomic mass is 19.1. The first-order valence-corrected chi connectivity index (χ1v) is 5.26. The Hall–Kier alpha value is -1.23. The molecule has 5 heteroatoms. The number of hydrogen-bond donors (Lipinski definition) is 1. The molecule has 1 rings (SSSR count). The van der Waals surface area contributed by atoms with Crippen LogP contribution in [0.4, 0.5) is 10.2 Å². The van der Waals surface area contributed by atoms with E-state index in [0.29, 0.717) is 18.7 Å². The van der Waals surface area contributed by atoms with Crippen LogP contribution < -0.4 is 5.32 Å². The van der Waals surface area contributed by atoms with Crippen molar-refractivity contribution < 1.29 is 9.13 Å². The van der Waals surface area contributed by atoms with Gasteiger partial charge < -0.3 is 10.1 Å². The Morgan fingerprint density at radius 2 is 2.12 bits per heavy atom. The maximum atomic E-state index is 13.8. The van der Waals surface area contributed by atoms with E-state index in [2.05, 4.69) is 15.3 Å². The Kier molecular flexibility index (Phi) is 4.18. The van der Waals surface area contributed by atoms with Gasteiger partial charge in [-0.1, -0.05) is 6.92 Å². The van der Waals surface area contributed by atoms with Gasteiger partial charge in [-0.25, -0.2) is 14.4 Å². The van der Waals surface area contributed by atoms with Gasteiger partial charge in [0, 0.05) is 7.11 Å². The topological polar surface area (TPSA) is 47.0 Å². The molecule has 0 aliphatic carbocycles. The van der Waals surface area contributed by atoms with Crippen molar-refractivity contribution in [1.82, 2.24) is 9.97 Å². The predicted octanol–water partition coefficient (Wildman–Crippen LogP) is 2.01. The third-order valence-electron chi connectivity index (χ3n) is 2.16. The fourth-order valence-corrected chi connectivity index (χ4v) is 1.46. The number of rotatable bonds is 5. The molecule has 0 aliphatic heterocycles.